The van der Waals surface area contributed by atoms with Crippen molar-refractivity contribution in [2.75, 3.05) is 33.4 Å². The van der Waals surface area contributed by atoms with Gasteiger partial charge in [0.2, 0.25) is 5.91 Å². The Balaban J connectivity index is 2.54. The molecule has 3 N–H and O–H groups in total. The lowest BCUT2D eigenvalue weighted by molar-refractivity contribution is -0.134. The number of ether oxygens (including phenoxy) is 1. The fraction of sp³-hybridized carbons (Fsp3) is 0.923. The van der Waals surface area contributed by atoms with Crippen LogP contribution < -0.4 is 10.6 Å². The number of hydrogen-bond acceptors (Lipinski definition) is 4. The van der Waals surface area contributed by atoms with E-state index in [-0.39, 0.29) is 24.0 Å². The summed E-state index contributed by atoms with van der Waals surface area (Å²) in [6.07, 6.45) is 3.25. The molecule has 0 radical (unpaired) electrons. The van der Waals surface area contributed by atoms with E-state index in [1.165, 1.54) is 0 Å². The molecule has 18 heavy (non-hydrogen) atoms. The molecule has 1 heterocycles. The maximum absolute atomic E-state index is 12.4. The van der Waals surface area contributed by atoms with Gasteiger partial charge in [0.1, 0.15) is 0 Å². The van der Waals surface area contributed by atoms with Crippen LogP contribution >= 0.6 is 0 Å². The van der Waals surface area contributed by atoms with E-state index in [4.69, 9.17) is 4.74 Å². The summed E-state index contributed by atoms with van der Waals surface area (Å²) in [4.78, 5) is 12.4. The maximum atomic E-state index is 12.4. The number of aliphatic hydroxyl groups excluding tert-OH is 1. The predicted molar refractivity (Wildman–Crippen MR) is 70.3 cm³/mol. The van der Waals surface area contributed by atoms with Crippen molar-refractivity contribution in [1.82, 2.24) is 10.6 Å². The van der Waals surface area contributed by atoms with E-state index in [1.54, 1.807) is 7.11 Å². The van der Waals surface area contributed by atoms with Crippen LogP contribution in [-0.2, 0) is 9.53 Å². The Bertz CT molecular complexity index is 253. The third kappa shape index (κ3) is 3.93. The van der Waals surface area contributed by atoms with Crippen molar-refractivity contribution in [3.8, 4) is 0 Å². The number of piperidine rings is 1. The zero-order chi connectivity index (χ0) is 13.4. The van der Waals surface area contributed by atoms with Crippen LogP contribution in [0.25, 0.3) is 0 Å². The Morgan fingerprint density at radius 3 is 2.67 bits per heavy atom. The minimum absolute atomic E-state index is 0.0346. The van der Waals surface area contributed by atoms with Crippen LogP contribution in [0, 0.1) is 5.41 Å². The quantitative estimate of drug-likeness (QED) is 0.613. The molecule has 0 aromatic heterocycles. The van der Waals surface area contributed by atoms with Gasteiger partial charge in [0.05, 0.1) is 18.1 Å². The number of carbonyl (C=O) groups excluding carboxylic acids is 1. The summed E-state index contributed by atoms with van der Waals surface area (Å²) in [5.74, 6) is 0.0849. The smallest absolute Gasteiger partial charge is 0.226 e. The van der Waals surface area contributed by atoms with E-state index in [9.17, 15) is 9.90 Å². The molecule has 1 amide bonds. The number of hydrogen-bond donors (Lipinski definition) is 3. The summed E-state index contributed by atoms with van der Waals surface area (Å²) in [5, 5.41) is 15.5. The molecular weight excluding hydrogens is 232 g/mol. The molecule has 0 aromatic carbocycles. The summed E-state index contributed by atoms with van der Waals surface area (Å²) >= 11 is 0. The Morgan fingerprint density at radius 1 is 1.50 bits per heavy atom. The Morgan fingerprint density at radius 2 is 2.17 bits per heavy atom. The molecule has 5 nitrogen and oxygen atoms in total. The number of rotatable bonds is 7. The lowest BCUT2D eigenvalue weighted by atomic mass is 9.75. The van der Waals surface area contributed by atoms with E-state index < -0.39 is 0 Å². The molecule has 1 rings (SSSR count). The van der Waals surface area contributed by atoms with Crippen molar-refractivity contribution in [1.29, 1.82) is 0 Å². The van der Waals surface area contributed by atoms with Crippen molar-refractivity contribution in [3.63, 3.8) is 0 Å². The molecular formula is C13H26N2O3. The van der Waals surface area contributed by atoms with Gasteiger partial charge < -0.3 is 20.5 Å². The number of carbonyl (C=O) groups is 1. The molecule has 1 saturated heterocycles. The minimum Gasteiger partial charge on any atom is -0.394 e. The largest absolute Gasteiger partial charge is 0.394 e. The lowest BCUT2D eigenvalue weighted by Gasteiger charge is -2.36. The van der Waals surface area contributed by atoms with Gasteiger partial charge in [-0.25, -0.2) is 0 Å². The molecule has 5 heteroatoms. The standard InChI is InChI=1S/C13H26N2O3/c1-3-13(5-7-14-8-6-13)12(17)15-11(10-16)4-9-18-2/h11,14,16H,3-10H2,1-2H3,(H,15,17). The van der Waals surface area contributed by atoms with Crippen molar-refractivity contribution < 1.29 is 14.6 Å². The van der Waals surface area contributed by atoms with Crippen molar-refractivity contribution >= 4 is 5.91 Å². The van der Waals surface area contributed by atoms with Crippen LogP contribution in [0.5, 0.6) is 0 Å². The summed E-state index contributed by atoms with van der Waals surface area (Å²) in [6, 6.07) is -0.198. The molecule has 1 atom stereocenters. The zero-order valence-electron chi connectivity index (χ0n) is 11.5. The number of aliphatic hydroxyl groups is 1. The van der Waals surface area contributed by atoms with Crippen LogP contribution in [0.1, 0.15) is 32.6 Å². The van der Waals surface area contributed by atoms with Gasteiger partial charge in [-0.15, -0.1) is 0 Å². The van der Waals surface area contributed by atoms with Crippen LogP contribution in [0.2, 0.25) is 0 Å². The first-order valence-electron chi connectivity index (χ1n) is 6.80. The third-order valence-electron chi connectivity index (χ3n) is 3.95. The second-order valence-corrected chi connectivity index (χ2v) is 5.02. The summed E-state index contributed by atoms with van der Waals surface area (Å²) in [7, 11) is 1.62. The van der Waals surface area contributed by atoms with E-state index in [2.05, 4.69) is 17.6 Å². The molecule has 0 aromatic rings. The van der Waals surface area contributed by atoms with Crippen molar-refractivity contribution in [2.45, 2.75) is 38.6 Å². The molecule has 1 fully saturated rings. The monoisotopic (exact) mass is 258 g/mol. The van der Waals surface area contributed by atoms with E-state index in [0.29, 0.717) is 13.0 Å². The number of amides is 1. The van der Waals surface area contributed by atoms with Gasteiger partial charge in [0, 0.05) is 13.7 Å². The van der Waals surface area contributed by atoms with Gasteiger partial charge >= 0.3 is 0 Å². The molecule has 0 saturated carbocycles. The molecule has 0 aliphatic carbocycles. The third-order valence-corrected chi connectivity index (χ3v) is 3.95. The average molecular weight is 258 g/mol. The van der Waals surface area contributed by atoms with Gasteiger partial charge in [-0.1, -0.05) is 6.92 Å². The Hall–Kier alpha value is -0.650. The first kappa shape index (κ1) is 15.4. The fourth-order valence-corrected chi connectivity index (χ4v) is 2.45. The van der Waals surface area contributed by atoms with Crippen LogP contribution in [0.4, 0.5) is 0 Å². The molecule has 1 unspecified atom stereocenters. The average Bonchev–Trinajstić information content (AvgIpc) is 2.43. The van der Waals surface area contributed by atoms with Gasteiger partial charge in [-0.2, -0.15) is 0 Å². The first-order valence-corrected chi connectivity index (χ1v) is 6.80. The fourth-order valence-electron chi connectivity index (χ4n) is 2.45. The van der Waals surface area contributed by atoms with Gasteiger partial charge in [-0.05, 0) is 38.8 Å². The molecule has 106 valence electrons. The summed E-state index contributed by atoms with van der Waals surface area (Å²) < 4.78 is 4.98. The molecule has 1 aliphatic rings. The Kier molecular flexibility index (Phi) is 6.60. The van der Waals surface area contributed by atoms with Gasteiger partial charge in [0.25, 0.3) is 0 Å². The highest BCUT2D eigenvalue weighted by molar-refractivity contribution is 5.83. The summed E-state index contributed by atoms with van der Waals surface area (Å²) in [6.45, 7) is 4.36. The topological polar surface area (TPSA) is 70.6 Å². The molecule has 0 spiro atoms. The first-order chi connectivity index (χ1) is 8.68. The Labute approximate surface area is 109 Å². The number of nitrogens with one attached hydrogen (secondary N) is 2. The molecule has 0 bridgehead atoms. The SMILES string of the molecule is CCC1(C(=O)NC(CO)CCOC)CCNCC1. The summed E-state index contributed by atoms with van der Waals surface area (Å²) in [5.41, 5.74) is -0.258. The highest BCUT2D eigenvalue weighted by Crippen LogP contribution is 2.32. The van der Waals surface area contributed by atoms with Gasteiger partial charge in [-0.3, -0.25) is 4.79 Å². The van der Waals surface area contributed by atoms with Gasteiger partial charge in [0.15, 0.2) is 0 Å². The van der Waals surface area contributed by atoms with E-state index in [0.717, 1.165) is 32.4 Å². The zero-order valence-corrected chi connectivity index (χ0v) is 11.5. The highest BCUT2D eigenvalue weighted by Gasteiger charge is 2.38. The van der Waals surface area contributed by atoms with Crippen molar-refractivity contribution in [2.24, 2.45) is 5.41 Å². The highest BCUT2D eigenvalue weighted by atomic mass is 16.5. The minimum atomic E-state index is -0.258. The molecule has 1 aliphatic heterocycles. The lowest BCUT2D eigenvalue weighted by Crippen LogP contribution is -2.51. The van der Waals surface area contributed by atoms with E-state index >= 15 is 0 Å². The predicted octanol–water partition coefficient (Wildman–Crippen LogP) is 0.280. The van der Waals surface area contributed by atoms with Crippen molar-refractivity contribution in [3.05, 3.63) is 0 Å². The second kappa shape index (κ2) is 7.71. The van der Waals surface area contributed by atoms with Crippen LogP contribution in [0.15, 0.2) is 0 Å². The van der Waals surface area contributed by atoms with E-state index in [1.807, 2.05) is 0 Å². The van der Waals surface area contributed by atoms with Crippen LogP contribution in [-0.4, -0.2) is 50.5 Å². The van der Waals surface area contributed by atoms with Crippen LogP contribution in [0.3, 0.4) is 0 Å². The number of methoxy groups -OCH3 is 1. The normalized spacial score (nSPS) is 20.4. The second-order valence-electron chi connectivity index (χ2n) is 5.02. The maximum Gasteiger partial charge on any atom is 0.226 e.